The van der Waals surface area contributed by atoms with Crippen molar-refractivity contribution in [1.29, 1.82) is 0 Å². The fourth-order valence-corrected chi connectivity index (χ4v) is 3.57. The van der Waals surface area contributed by atoms with Crippen molar-refractivity contribution >= 4 is 17.9 Å². The molecule has 3 N–H and O–H groups in total. The number of unbranched alkanes of at least 4 members (excludes halogenated alkanes) is 1. The van der Waals surface area contributed by atoms with E-state index in [2.05, 4.69) is 10.6 Å². The second-order valence-corrected chi connectivity index (χ2v) is 9.73. The molecule has 0 aliphatic heterocycles. The van der Waals surface area contributed by atoms with Gasteiger partial charge in [-0.15, -0.1) is 0 Å². The molecule has 0 saturated carbocycles. The Hall–Kier alpha value is -2.61. The summed E-state index contributed by atoms with van der Waals surface area (Å²) in [6, 6.07) is 5.56. The number of benzene rings is 1. The van der Waals surface area contributed by atoms with Crippen molar-refractivity contribution in [2.24, 2.45) is 5.92 Å². The first-order chi connectivity index (χ1) is 15.9. The van der Waals surface area contributed by atoms with Gasteiger partial charge in [0.2, 0.25) is 11.8 Å². The molecule has 0 spiro atoms. The highest BCUT2D eigenvalue weighted by atomic mass is 16.6. The summed E-state index contributed by atoms with van der Waals surface area (Å²) >= 11 is 0. The van der Waals surface area contributed by atoms with Crippen LogP contribution in [0.15, 0.2) is 24.3 Å². The van der Waals surface area contributed by atoms with E-state index in [0.29, 0.717) is 18.5 Å². The van der Waals surface area contributed by atoms with Gasteiger partial charge in [0.1, 0.15) is 17.7 Å². The normalized spacial score (nSPS) is 14.0. The van der Waals surface area contributed by atoms with Gasteiger partial charge < -0.3 is 25.4 Å². The molecule has 0 radical (unpaired) electrons. The van der Waals surface area contributed by atoms with Crippen molar-refractivity contribution in [3.05, 3.63) is 35.4 Å². The first-order valence-corrected chi connectivity index (χ1v) is 12.2. The highest BCUT2D eigenvalue weighted by Gasteiger charge is 2.37. The van der Waals surface area contributed by atoms with Gasteiger partial charge in [0.15, 0.2) is 0 Å². The molecule has 0 heterocycles. The van der Waals surface area contributed by atoms with Crippen molar-refractivity contribution in [2.75, 3.05) is 19.7 Å². The van der Waals surface area contributed by atoms with Crippen LogP contribution in [0.2, 0.25) is 0 Å². The average molecular weight is 478 g/mol. The van der Waals surface area contributed by atoms with Crippen LogP contribution < -0.4 is 10.6 Å². The van der Waals surface area contributed by atoms with Crippen LogP contribution in [0.4, 0.5) is 4.79 Å². The zero-order valence-corrected chi connectivity index (χ0v) is 21.8. The third kappa shape index (κ3) is 9.33. The molecule has 0 aliphatic rings. The quantitative estimate of drug-likeness (QED) is 0.398. The molecule has 8 nitrogen and oxygen atoms in total. The largest absolute Gasteiger partial charge is 0.444 e. The van der Waals surface area contributed by atoms with E-state index in [1.165, 1.54) is 4.90 Å². The van der Waals surface area contributed by atoms with E-state index in [-0.39, 0.29) is 25.0 Å². The Morgan fingerprint density at radius 2 is 1.85 bits per heavy atom. The van der Waals surface area contributed by atoms with Gasteiger partial charge >= 0.3 is 6.09 Å². The van der Waals surface area contributed by atoms with Crippen molar-refractivity contribution in [3.63, 3.8) is 0 Å². The standard InChI is InChI=1S/C26H43N3O5/c1-8-10-14-27-23(31)22(20-13-11-12-18(3)17-20)29(15-16-30)24(32)21(19(4)9-2)28-25(33)34-26(5,6)7/h11-13,17,19,21-22,30H,8-10,14-16H2,1-7H3,(H,27,31)(H,28,33). The van der Waals surface area contributed by atoms with Crippen LogP contribution in [0, 0.1) is 12.8 Å². The van der Waals surface area contributed by atoms with Gasteiger partial charge in [0.25, 0.3) is 0 Å². The van der Waals surface area contributed by atoms with Crippen LogP contribution in [0.1, 0.15) is 78.0 Å². The lowest BCUT2D eigenvalue weighted by Gasteiger charge is -2.35. The predicted octanol–water partition coefficient (Wildman–Crippen LogP) is 3.71. The van der Waals surface area contributed by atoms with Crippen LogP contribution in [-0.4, -0.2) is 59.3 Å². The lowest BCUT2D eigenvalue weighted by molar-refractivity contribution is -0.144. The van der Waals surface area contributed by atoms with Gasteiger partial charge in [-0.1, -0.05) is 63.4 Å². The Kier molecular flexibility index (Phi) is 12.1. The lowest BCUT2D eigenvalue weighted by atomic mass is 9.95. The van der Waals surface area contributed by atoms with Crippen LogP contribution >= 0.6 is 0 Å². The number of aryl methyl sites for hydroxylation is 1. The summed E-state index contributed by atoms with van der Waals surface area (Å²) in [5.74, 6) is -0.977. The minimum absolute atomic E-state index is 0.0540. The topological polar surface area (TPSA) is 108 Å². The summed E-state index contributed by atoms with van der Waals surface area (Å²) in [6.07, 6.45) is 1.66. The number of amides is 3. The maximum Gasteiger partial charge on any atom is 0.408 e. The number of nitrogens with zero attached hydrogens (tertiary/aromatic N) is 1. The zero-order chi connectivity index (χ0) is 25.9. The highest BCUT2D eigenvalue weighted by molar-refractivity contribution is 5.92. The van der Waals surface area contributed by atoms with Crippen LogP contribution in [0.3, 0.4) is 0 Å². The Balaban J connectivity index is 3.39. The maximum atomic E-state index is 13.8. The number of carbonyl (C=O) groups is 3. The molecule has 0 saturated heterocycles. The van der Waals surface area contributed by atoms with Crippen molar-refractivity contribution < 1.29 is 24.2 Å². The van der Waals surface area contributed by atoms with Crippen molar-refractivity contribution in [2.45, 2.75) is 85.4 Å². The molecular weight excluding hydrogens is 434 g/mol. The van der Waals surface area contributed by atoms with E-state index >= 15 is 0 Å². The summed E-state index contributed by atoms with van der Waals surface area (Å²) in [4.78, 5) is 41.1. The Morgan fingerprint density at radius 3 is 2.38 bits per heavy atom. The Morgan fingerprint density at radius 1 is 1.18 bits per heavy atom. The molecular formula is C26H43N3O5. The van der Waals surface area contributed by atoms with Crippen LogP contribution in [-0.2, 0) is 14.3 Å². The number of carbonyl (C=O) groups excluding carboxylic acids is 3. The number of hydrogen-bond donors (Lipinski definition) is 3. The molecule has 1 rings (SSSR count). The maximum absolute atomic E-state index is 13.8. The Bertz CT molecular complexity index is 806. The fraction of sp³-hybridized carbons (Fsp3) is 0.654. The van der Waals surface area contributed by atoms with Gasteiger partial charge in [0.05, 0.1) is 6.61 Å². The first-order valence-electron chi connectivity index (χ1n) is 12.2. The number of aliphatic hydroxyl groups is 1. The van der Waals surface area contributed by atoms with Gasteiger partial charge in [-0.3, -0.25) is 9.59 Å². The minimum atomic E-state index is -0.941. The third-order valence-electron chi connectivity index (χ3n) is 5.52. The number of hydrogen-bond acceptors (Lipinski definition) is 5. The molecule has 8 heteroatoms. The van der Waals surface area contributed by atoms with Crippen molar-refractivity contribution in [1.82, 2.24) is 15.5 Å². The third-order valence-corrected chi connectivity index (χ3v) is 5.52. The number of aliphatic hydroxyl groups excluding tert-OH is 1. The van der Waals surface area contributed by atoms with Crippen molar-refractivity contribution in [3.8, 4) is 0 Å². The van der Waals surface area contributed by atoms with Gasteiger partial charge in [-0.2, -0.15) is 0 Å². The van der Waals surface area contributed by atoms with Crippen LogP contribution in [0.25, 0.3) is 0 Å². The van der Waals surface area contributed by atoms with E-state index in [1.54, 1.807) is 26.8 Å². The predicted molar refractivity (Wildman–Crippen MR) is 133 cm³/mol. The SMILES string of the molecule is CCCCNC(=O)C(c1cccc(C)c1)N(CCO)C(=O)C(NC(=O)OC(C)(C)C)C(C)CC. The average Bonchev–Trinajstić information content (AvgIpc) is 2.75. The minimum Gasteiger partial charge on any atom is -0.444 e. The molecule has 0 aliphatic carbocycles. The fourth-order valence-electron chi connectivity index (χ4n) is 3.57. The monoisotopic (exact) mass is 477 g/mol. The molecule has 192 valence electrons. The smallest absolute Gasteiger partial charge is 0.408 e. The molecule has 3 atom stereocenters. The molecule has 1 aromatic rings. The highest BCUT2D eigenvalue weighted by Crippen LogP contribution is 2.25. The van der Waals surface area contributed by atoms with E-state index in [1.807, 2.05) is 45.9 Å². The Labute approximate surface area is 204 Å². The number of alkyl carbamates (subject to hydrolysis) is 1. The summed E-state index contributed by atoms with van der Waals surface area (Å²) in [5.41, 5.74) is 0.878. The zero-order valence-electron chi connectivity index (χ0n) is 21.8. The summed E-state index contributed by atoms with van der Waals surface area (Å²) in [6.45, 7) is 13.1. The van der Waals surface area contributed by atoms with E-state index in [9.17, 15) is 19.5 Å². The molecule has 0 fully saturated rings. The molecule has 1 aromatic carbocycles. The second-order valence-electron chi connectivity index (χ2n) is 9.73. The number of nitrogens with one attached hydrogen (secondary N) is 2. The van der Waals surface area contributed by atoms with Gasteiger partial charge in [-0.25, -0.2) is 4.79 Å². The summed E-state index contributed by atoms with van der Waals surface area (Å²) in [7, 11) is 0. The van der Waals surface area contributed by atoms with Gasteiger partial charge in [0, 0.05) is 13.1 Å². The van der Waals surface area contributed by atoms with E-state index in [4.69, 9.17) is 4.74 Å². The second kappa shape index (κ2) is 13.9. The van der Waals surface area contributed by atoms with Crippen LogP contribution in [0.5, 0.6) is 0 Å². The summed E-state index contributed by atoms with van der Waals surface area (Å²) < 4.78 is 5.38. The van der Waals surface area contributed by atoms with E-state index < -0.39 is 29.7 Å². The first kappa shape index (κ1) is 29.4. The van der Waals surface area contributed by atoms with E-state index in [0.717, 1.165) is 18.4 Å². The molecule has 34 heavy (non-hydrogen) atoms. The lowest BCUT2D eigenvalue weighted by Crippen LogP contribution is -2.55. The number of rotatable bonds is 12. The number of ether oxygens (including phenoxy) is 1. The molecule has 0 aromatic heterocycles. The molecule has 3 unspecified atom stereocenters. The summed E-state index contributed by atoms with van der Waals surface area (Å²) in [5, 5.41) is 15.4. The molecule has 0 bridgehead atoms. The van der Waals surface area contributed by atoms with Gasteiger partial charge in [-0.05, 0) is 45.6 Å². The molecule has 3 amide bonds.